The third-order valence-electron chi connectivity index (χ3n) is 7.81. The van der Waals surface area contributed by atoms with Crippen LogP contribution in [0.25, 0.3) is 0 Å². The van der Waals surface area contributed by atoms with E-state index in [1.165, 1.54) is 36.8 Å². The normalized spacial score (nSPS) is 16.0. The van der Waals surface area contributed by atoms with E-state index in [4.69, 9.17) is 0 Å². The minimum Gasteiger partial charge on any atom is -0.358 e. The lowest BCUT2D eigenvalue weighted by molar-refractivity contribution is -0.126. The van der Waals surface area contributed by atoms with E-state index < -0.39 is 6.04 Å². The minimum absolute atomic E-state index is 0.127. The maximum Gasteiger partial charge on any atom is 0.237 e. The van der Waals surface area contributed by atoms with Gasteiger partial charge in [0.15, 0.2) is 0 Å². The number of aldehydes is 2. The van der Waals surface area contributed by atoms with Crippen LogP contribution in [0.15, 0.2) is 47.4 Å². The van der Waals surface area contributed by atoms with Crippen molar-refractivity contribution in [3.8, 4) is 0 Å². The Balaban J connectivity index is 1.34. The Hall–Kier alpha value is -2.48. The monoisotopic (exact) mass is 535 g/mol. The molecule has 2 aromatic rings. The fourth-order valence-electron chi connectivity index (χ4n) is 5.28. The van der Waals surface area contributed by atoms with Gasteiger partial charge >= 0.3 is 0 Å². The number of amides is 1. The lowest BCUT2D eigenvalue weighted by atomic mass is 10.1. The Morgan fingerprint density at radius 2 is 1.74 bits per heavy atom. The van der Waals surface area contributed by atoms with Crippen molar-refractivity contribution in [2.75, 3.05) is 20.6 Å². The van der Waals surface area contributed by atoms with Gasteiger partial charge in [-0.2, -0.15) is 0 Å². The fraction of sp³-hybridized carbons (Fsp3) is 0.516. The molecule has 0 spiro atoms. The van der Waals surface area contributed by atoms with Gasteiger partial charge in [0.1, 0.15) is 12.6 Å². The molecule has 0 radical (unpaired) electrons. The molecule has 0 bridgehead atoms. The zero-order valence-corrected chi connectivity index (χ0v) is 23.5. The van der Waals surface area contributed by atoms with Gasteiger partial charge in [0, 0.05) is 42.3 Å². The predicted octanol–water partition coefficient (Wildman–Crippen LogP) is 4.64. The van der Waals surface area contributed by atoms with E-state index in [2.05, 4.69) is 34.9 Å². The Morgan fingerprint density at radius 1 is 1.05 bits per heavy atom. The van der Waals surface area contributed by atoms with E-state index in [-0.39, 0.29) is 5.91 Å². The van der Waals surface area contributed by atoms with Crippen molar-refractivity contribution in [2.24, 2.45) is 11.8 Å². The fourth-order valence-corrected chi connectivity index (χ4v) is 6.32. The number of carbonyl (C=O) groups excluding carboxylic acids is 3. The molecule has 1 amide bonds. The number of likely N-dealkylation sites (N-methyl/N-ethyl adjacent to an activating group) is 2. The number of nitrogens with one attached hydrogen (secondary N) is 2. The van der Waals surface area contributed by atoms with Crippen LogP contribution in [0, 0.1) is 11.8 Å². The Kier molecular flexibility index (Phi) is 10.6. The molecule has 1 atom stereocenters. The van der Waals surface area contributed by atoms with E-state index in [1.54, 1.807) is 18.8 Å². The molecular formula is C31H41N3O3S. The molecule has 7 heteroatoms. The van der Waals surface area contributed by atoms with Crippen LogP contribution in [0.1, 0.15) is 65.6 Å². The molecule has 38 heavy (non-hydrogen) atoms. The summed E-state index contributed by atoms with van der Waals surface area (Å²) in [5.41, 5.74) is 4.15. The van der Waals surface area contributed by atoms with Crippen LogP contribution in [0.4, 0.5) is 0 Å². The summed E-state index contributed by atoms with van der Waals surface area (Å²) < 4.78 is 0. The van der Waals surface area contributed by atoms with Gasteiger partial charge in [-0.05, 0) is 86.7 Å². The Morgan fingerprint density at radius 3 is 2.34 bits per heavy atom. The van der Waals surface area contributed by atoms with E-state index in [0.717, 1.165) is 59.6 Å². The summed E-state index contributed by atoms with van der Waals surface area (Å²) in [6, 6.07) is 15.0. The van der Waals surface area contributed by atoms with Crippen molar-refractivity contribution in [2.45, 2.75) is 74.2 Å². The molecular weight excluding hydrogens is 494 g/mol. The molecule has 0 aromatic heterocycles. The van der Waals surface area contributed by atoms with E-state index in [9.17, 15) is 14.4 Å². The first kappa shape index (κ1) is 28.5. The molecule has 2 saturated carbocycles. The van der Waals surface area contributed by atoms with Crippen LogP contribution in [0.3, 0.4) is 0 Å². The smallest absolute Gasteiger partial charge is 0.237 e. The molecule has 2 aromatic carbocycles. The van der Waals surface area contributed by atoms with Crippen LogP contribution in [-0.2, 0) is 28.3 Å². The summed E-state index contributed by atoms with van der Waals surface area (Å²) in [4.78, 5) is 38.2. The van der Waals surface area contributed by atoms with Crippen molar-refractivity contribution in [1.82, 2.24) is 15.5 Å². The second-order valence-electron chi connectivity index (χ2n) is 10.7. The molecule has 2 N–H and O–H groups in total. The largest absolute Gasteiger partial charge is 0.358 e. The topological polar surface area (TPSA) is 78.5 Å². The maximum atomic E-state index is 12.4. The molecule has 4 rings (SSSR count). The van der Waals surface area contributed by atoms with Crippen LogP contribution in [0.2, 0.25) is 0 Å². The molecule has 2 aliphatic rings. The highest BCUT2D eigenvalue weighted by atomic mass is 32.2. The number of hydrogen-bond acceptors (Lipinski definition) is 6. The summed E-state index contributed by atoms with van der Waals surface area (Å²) in [5, 5.41) is 6.53. The van der Waals surface area contributed by atoms with Gasteiger partial charge in [-0.3, -0.25) is 14.5 Å². The summed E-state index contributed by atoms with van der Waals surface area (Å²) in [7, 11) is 3.47. The zero-order valence-electron chi connectivity index (χ0n) is 22.7. The number of thioether (sulfide) groups is 1. The predicted molar refractivity (Wildman–Crippen MR) is 153 cm³/mol. The first-order valence-electron chi connectivity index (χ1n) is 13.9. The first-order valence-corrected chi connectivity index (χ1v) is 14.9. The first-order chi connectivity index (χ1) is 18.5. The molecule has 0 heterocycles. The van der Waals surface area contributed by atoms with Crippen LogP contribution < -0.4 is 10.6 Å². The van der Waals surface area contributed by atoms with Crippen molar-refractivity contribution in [3.05, 3.63) is 64.7 Å². The van der Waals surface area contributed by atoms with Crippen LogP contribution in [0.5, 0.6) is 0 Å². The average molecular weight is 536 g/mol. The number of hydrogen-bond donors (Lipinski definition) is 2. The highest BCUT2D eigenvalue weighted by molar-refractivity contribution is 7.98. The molecule has 2 aliphatic carbocycles. The lowest BCUT2D eigenvalue weighted by Gasteiger charge is -2.27. The SMILES string of the molecule is CNC(=O)C(CCC=O)N(C)Cc1c(C=O)cccc1SCc1ccc(CCNC(C2CC2)C2CC2)cc1. The standard InChI is InChI=1S/C31H41N3O3S/c1-32-31(37)28(6-4-18-35)34(2)19-27-26(20-36)5-3-7-29(27)38-21-23-10-8-22(9-11-23)16-17-33-30(24-12-13-24)25-14-15-25/h3,5,7-11,18,20,24-25,28,30,33H,4,6,12-17,19,21H2,1-2H3,(H,32,37). The van der Waals surface area contributed by atoms with Gasteiger partial charge in [0.25, 0.3) is 0 Å². The molecule has 0 aliphatic heterocycles. The number of nitrogens with zero attached hydrogens (tertiary/aromatic N) is 1. The van der Waals surface area contributed by atoms with E-state index >= 15 is 0 Å². The summed E-state index contributed by atoms with van der Waals surface area (Å²) in [6.07, 6.45) is 9.15. The van der Waals surface area contributed by atoms with Crippen LogP contribution >= 0.6 is 11.8 Å². The van der Waals surface area contributed by atoms with Gasteiger partial charge in [0.2, 0.25) is 5.91 Å². The van der Waals surface area contributed by atoms with Crippen molar-refractivity contribution in [1.29, 1.82) is 0 Å². The van der Waals surface area contributed by atoms with Crippen molar-refractivity contribution < 1.29 is 14.4 Å². The summed E-state index contributed by atoms with van der Waals surface area (Å²) in [5.74, 6) is 2.52. The minimum atomic E-state index is -0.436. The van der Waals surface area contributed by atoms with Crippen LogP contribution in [-0.4, -0.2) is 56.1 Å². The average Bonchev–Trinajstić information content (AvgIpc) is 3.86. The molecule has 204 valence electrons. The lowest BCUT2D eigenvalue weighted by Crippen LogP contribution is -2.43. The third kappa shape index (κ3) is 8.01. The second kappa shape index (κ2) is 14.1. The summed E-state index contributed by atoms with van der Waals surface area (Å²) >= 11 is 1.71. The second-order valence-corrected chi connectivity index (χ2v) is 11.8. The van der Waals surface area contributed by atoms with Gasteiger partial charge in [0.05, 0.1) is 6.04 Å². The quantitative estimate of drug-likeness (QED) is 0.227. The van der Waals surface area contributed by atoms with E-state index in [1.807, 2.05) is 30.1 Å². The summed E-state index contributed by atoms with van der Waals surface area (Å²) in [6.45, 7) is 1.49. The highest BCUT2D eigenvalue weighted by Crippen LogP contribution is 2.44. The molecule has 1 unspecified atom stereocenters. The van der Waals surface area contributed by atoms with Crippen molar-refractivity contribution in [3.63, 3.8) is 0 Å². The Bertz CT molecular complexity index is 1070. The maximum absolute atomic E-state index is 12.4. The highest BCUT2D eigenvalue weighted by Gasteiger charge is 2.40. The van der Waals surface area contributed by atoms with Gasteiger partial charge in [-0.25, -0.2) is 0 Å². The zero-order chi connectivity index (χ0) is 26.9. The molecule has 2 fully saturated rings. The number of carbonyl (C=O) groups is 3. The van der Waals surface area contributed by atoms with E-state index in [0.29, 0.717) is 24.9 Å². The van der Waals surface area contributed by atoms with Gasteiger partial charge < -0.3 is 15.4 Å². The molecule has 0 saturated heterocycles. The number of rotatable bonds is 17. The number of benzene rings is 2. The van der Waals surface area contributed by atoms with Gasteiger partial charge in [-0.15, -0.1) is 11.8 Å². The Labute approximate surface area is 231 Å². The van der Waals surface area contributed by atoms with Gasteiger partial charge in [-0.1, -0.05) is 36.4 Å². The van der Waals surface area contributed by atoms with Crippen molar-refractivity contribution >= 4 is 30.2 Å². The third-order valence-corrected chi connectivity index (χ3v) is 8.98. The molecule has 6 nitrogen and oxygen atoms in total.